The molecule has 13 heteroatoms. The number of nitrogens with one attached hydrogen (secondary N) is 2. The second-order valence-electron chi connectivity index (χ2n) is 8.61. The summed E-state index contributed by atoms with van der Waals surface area (Å²) in [5.74, 6) is -6.48. The minimum atomic E-state index is -4.72. The highest BCUT2D eigenvalue weighted by atomic mass is 19.4. The molecule has 0 bridgehead atoms. The van der Waals surface area contributed by atoms with Gasteiger partial charge in [0, 0.05) is 43.9 Å². The lowest BCUT2D eigenvalue weighted by Gasteiger charge is -2.28. The van der Waals surface area contributed by atoms with Crippen LogP contribution in [0.2, 0.25) is 0 Å². The number of hydrogen-bond donors (Lipinski definition) is 2. The zero-order valence-corrected chi connectivity index (χ0v) is 20.0. The summed E-state index contributed by atoms with van der Waals surface area (Å²) in [5.41, 5.74) is -1.56. The highest BCUT2D eigenvalue weighted by Gasteiger charge is 2.31. The molecule has 7 nitrogen and oxygen atoms in total. The number of halogens is 6. The summed E-state index contributed by atoms with van der Waals surface area (Å²) in [6.45, 7) is 2.97. The van der Waals surface area contributed by atoms with Crippen molar-refractivity contribution < 1.29 is 35.9 Å². The molecule has 0 unspecified atom stereocenters. The average molecular weight is 547 g/mol. The number of piperazine rings is 1. The summed E-state index contributed by atoms with van der Waals surface area (Å²) in [6.07, 6.45) is -3.11. The molecule has 4 aromatic rings. The molecule has 2 N–H and O–H groups in total. The van der Waals surface area contributed by atoms with Crippen molar-refractivity contribution in [2.45, 2.75) is 6.18 Å². The van der Waals surface area contributed by atoms with Crippen molar-refractivity contribution in [2.75, 3.05) is 36.4 Å². The van der Waals surface area contributed by atoms with Crippen LogP contribution in [0.1, 0.15) is 15.9 Å². The minimum Gasteiger partial charge on any atom is -0.451 e. The molecule has 0 atom stereocenters. The summed E-state index contributed by atoms with van der Waals surface area (Å²) < 4.78 is 88.4. The number of carbonyl (C=O) groups excluding carboxylic acids is 1. The largest absolute Gasteiger partial charge is 0.451 e. The number of amides is 1. The predicted octanol–water partition coefficient (Wildman–Crippen LogP) is 5.52. The Labute approximate surface area is 217 Å². The molecular formula is C26H19F6N5O2. The Balaban J connectivity index is 1.42. The molecule has 0 aliphatic carbocycles. The number of rotatable bonds is 5. The number of carbonyl (C=O) groups is 1. The Bertz CT molecular complexity index is 1560. The van der Waals surface area contributed by atoms with Gasteiger partial charge in [0.15, 0.2) is 11.6 Å². The molecule has 0 spiro atoms. The highest BCUT2D eigenvalue weighted by Crippen LogP contribution is 2.35. The fourth-order valence-corrected chi connectivity index (χ4v) is 4.00. The van der Waals surface area contributed by atoms with E-state index in [4.69, 9.17) is 4.74 Å². The van der Waals surface area contributed by atoms with E-state index in [0.717, 1.165) is 31.3 Å². The molecule has 1 fully saturated rings. The van der Waals surface area contributed by atoms with Crippen LogP contribution in [0, 0.1) is 17.5 Å². The van der Waals surface area contributed by atoms with Gasteiger partial charge in [0.1, 0.15) is 11.6 Å². The van der Waals surface area contributed by atoms with Gasteiger partial charge in [-0.2, -0.15) is 17.6 Å². The van der Waals surface area contributed by atoms with Gasteiger partial charge in [-0.3, -0.25) is 9.78 Å². The summed E-state index contributed by atoms with van der Waals surface area (Å²) in [4.78, 5) is 23.4. The van der Waals surface area contributed by atoms with Crippen LogP contribution in [0.5, 0.6) is 11.5 Å². The Kier molecular flexibility index (Phi) is 7.00. The zero-order chi connectivity index (χ0) is 27.7. The number of ether oxygens (including phenoxy) is 1. The van der Waals surface area contributed by atoms with E-state index in [1.807, 2.05) is 10.2 Å². The third-order valence-electron chi connectivity index (χ3n) is 5.98. The van der Waals surface area contributed by atoms with Crippen LogP contribution in [0.25, 0.3) is 11.0 Å². The SMILES string of the molecule is O=C(Nc1cc(F)c(F)c(Oc2ccc3ncc(N4CCNCC4)nc3c2)c1F)c1cccc(C(F)(F)F)c1. The number of nitrogens with zero attached hydrogens (tertiary/aromatic N) is 3. The van der Waals surface area contributed by atoms with Gasteiger partial charge in [-0.25, -0.2) is 13.8 Å². The Morgan fingerprint density at radius 2 is 1.74 bits per heavy atom. The maximum atomic E-state index is 15.2. The van der Waals surface area contributed by atoms with Gasteiger partial charge < -0.3 is 20.3 Å². The molecule has 0 saturated carbocycles. The van der Waals surface area contributed by atoms with E-state index in [0.29, 0.717) is 42.1 Å². The molecule has 5 rings (SSSR count). The van der Waals surface area contributed by atoms with Crippen LogP contribution in [0.4, 0.5) is 37.8 Å². The summed E-state index contributed by atoms with van der Waals surface area (Å²) >= 11 is 0. The van der Waals surface area contributed by atoms with Crippen molar-refractivity contribution in [1.82, 2.24) is 15.3 Å². The van der Waals surface area contributed by atoms with E-state index in [2.05, 4.69) is 15.3 Å². The number of alkyl halides is 3. The zero-order valence-electron chi connectivity index (χ0n) is 20.0. The molecule has 202 valence electrons. The summed E-state index contributed by atoms with van der Waals surface area (Å²) in [5, 5.41) is 5.20. The van der Waals surface area contributed by atoms with Crippen LogP contribution >= 0.6 is 0 Å². The van der Waals surface area contributed by atoms with Gasteiger partial charge in [0.25, 0.3) is 5.91 Å². The number of fused-ring (bicyclic) bond motifs is 1. The molecule has 1 aromatic heterocycles. The van der Waals surface area contributed by atoms with Gasteiger partial charge in [0.05, 0.1) is 28.5 Å². The van der Waals surface area contributed by atoms with Crippen molar-refractivity contribution in [3.63, 3.8) is 0 Å². The first-order valence-electron chi connectivity index (χ1n) is 11.7. The van der Waals surface area contributed by atoms with Gasteiger partial charge in [0.2, 0.25) is 11.6 Å². The van der Waals surface area contributed by atoms with Crippen LogP contribution in [0.3, 0.4) is 0 Å². The third kappa shape index (κ3) is 5.58. The van der Waals surface area contributed by atoms with Gasteiger partial charge in [-0.1, -0.05) is 6.07 Å². The highest BCUT2D eigenvalue weighted by molar-refractivity contribution is 6.04. The summed E-state index contributed by atoms with van der Waals surface area (Å²) in [7, 11) is 0. The van der Waals surface area contributed by atoms with E-state index in [1.165, 1.54) is 18.2 Å². The quantitative estimate of drug-likeness (QED) is 0.253. The third-order valence-corrected chi connectivity index (χ3v) is 5.98. The fraction of sp³-hybridized carbons (Fsp3) is 0.192. The smallest absolute Gasteiger partial charge is 0.416 e. The van der Waals surface area contributed by atoms with Crippen LogP contribution in [-0.4, -0.2) is 42.1 Å². The van der Waals surface area contributed by atoms with Gasteiger partial charge >= 0.3 is 6.18 Å². The molecule has 2 heterocycles. The number of anilines is 2. The monoisotopic (exact) mass is 547 g/mol. The lowest BCUT2D eigenvalue weighted by Crippen LogP contribution is -2.43. The summed E-state index contributed by atoms with van der Waals surface area (Å²) in [6, 6.07) is 7.95. The van der Waals surface area contributed by atoms with Crippen molar-refractivity contribution >= 4 is 28.4 Å². The van der Waals surface area contributed by atoms with Gasteiger partial charge in [-0.15, -0.1) is 0 Å². The first-order valence-corrected chi connectivity index (χ1v) is 11.7. The van der Waals surface area contributed by atoms with Crippen LogP contribution in [-0.2, 0) is 6.18 Å². The Morgan fingerprint density at radius 1 is 0.974 bits per heavy atom. The molecular weight excluding hydrogens is 528 g/mol. The lowest BCUT2D eigenvalue weighted by atomic mass is 10.1. The molecule has 0 radical (unpaired) electrons. The lowest BCUT2D eigenvalue weighted by molar-refractivity contribution is -0.137. The molecule has 1 aliphatic heterocycles. The van der Waals surface area contributed by atoms with E-state index < -0.39 is 52.1 Å². The maximum absolute atomic E-state index is 15.2. The Hall–Kier alpha value is -4.39. The minimum absolute atomic E-state index is 0.0900. The second kappa shape index (κ2) is 10.4. The van der Waals surface area contributed by atoms with Crippen molar-refractivity contribution in [2.24, 2.45) is 0 Å². The second-order valence-corrected chi connectivity index (χ2v) is 8.61. The van der Waals surface area contributed by atoms with E-state index in [1.54, 1.807) is 6.20 Å². The predicted molar refractivity (Wildman–Crippen MR) is 130 cm³/mol. The Morgan fingerprint density at radius 3 is 2.49 bits per heavy atom. The van der Waals surface area contributed by atoms with Crippen molar-refractivity contribution in [1.29, 1.82) is 0 Å². The number of aromatic nitrogens is 2. The molecule has 39 heavy (non-hydrogen) atoms. The topological polar surface area (TPSA) is 79.4 Å². The number of benzene rings is 3. The average Bonchev–Trinajstić information content (AvgIpc) is 2.93. The maximum Gasteiger partial charge on any atom is 0.416 e. The van der Waals surface area contributed by atoms with Crippen molar-refractivity contribution in [3.05, 3.63) is 83.3 Å². The van der Waals surface area contributed by atoms with Crippen molar-refractivity contribution in [3.8, 4) is 11.5 Å². The van der Waals surface area contributed by atoms with Crippen LogP contribution in [0.15, 0.2) is 54.7 Å². The van der Waals surface area contributed by atoms with E-state index >= 15 is 4.39 Å². The molecule has 1 saturated heterocycles. The number of hydrogen-bond acceptors (Lipinski definition) is 6. The van der Waals surface area contributed by atoms with E-state index in [-0.39, 0.29) is 5.75 Å². The molecule has 1 aliphatic rings. The van der Waals surface area contributed by atoms with Gasteiger partial charge in [-0.05, 0) is 30.3 Å². The van der Waals surface area contributed by atoms with E-state index in [9.17, 15) is 26.7 Å². The molecule has 3 aromatic carbocycles. The van der Waals surface area contributed by atoms with Crippen LogP contribution < -0.4 is 20.3 Å². The standard InChI is InChI=1S/C26H19F6N5O2/c27-17-12-20(36-25(38)14-2-1-3-15(10-14)26(30,31)32)23(29)24(22(17)28)39-16-4-5-18-19(11-16)35-21(13-34-18)37-8-6-33-7-9-37/h1-5,10-13,33H,6-9H2,(H,36,38). The normalized spacial score (nSPS) is 13.9. The first-order chi connectivity index (χ1) is 18.6. The molecule has 1 amide bonds. The first kappa shape index (κ1) is 26.2. The fourth-order valence-electron chi connectivity index (χ4n) is 4.00.